The summed E-state index contributed by atoms with van der Waals surface area (Å²) in [6, 6.07) is 5.46. The number of primary amides is 1. The Balaban J connectivity index is 1.74. The van der Waals surface area contributed by atoms with Crippen molar-refractivity contribution in [2.24, 2.45) is 5.73 Å². The Morgan fingerprint density at radius 1 is 1.27 bits per heavy atom. The predicted octanol–water partition coefficient (Wildman–Crippen LogP) is 1.24. The lowest BCUT2D eigenvalue weighted by molar-refractivity contribution is -0.138. The van der Waals surface area contributed by atoms with Crippen LogP contribution in [-0.4, -0.2) is 55.3 Å². The highest BCUT2D eigenvalue weighted by molar-refractivity contribution is 7.99. The first-order valence-corrected chi connectivity index (χ1v) is 9.54. The topological polar surface area (TPSA) is 107 Å². The summed E-state index contributed by atoms with van der Waals surface area (Å²) >= 11 is 1.26. The second-order valence-corrected chi connectivity index (χ2v) is 7.35. The molecule has 0 aliphatic carbocycles. The van der Waals surface area contributed by atoms with Crippen molar-refractivity contribution in [3.8, 4) is 5.69 Å². The lowest BCUT2D eigenvalue weighted by Gasteiger charge is -2.33. The van der Waals surface area contributed by atoms with Crippen molar-refractivity contribution in [2.75, 3.05) is 12.3 Å². The molecule has 0 radical (unpaired) electrons. The summed E-state index contributed by atoms with van der Waals surface area (Å²) in [5.74, 6) is -0.396. The van der Waals surface area contributed by atoms with Crippen LogP contribution in [0.4, 0.5) is 0 Å². The average Bonchev–Trinajstić information content (AvgIpc) is 3.07. The third-order valence-electron chi connectivity index (χ3n) is 4.57. The smallest absolute Gasteiger partial charge is 0.240 e. The maximum Gasteiger partial charge on any atom is 0.240 e. The molecule has 0 bridgehead atoms. The minimum Gasteiger partial charge on any atom is -0.368 e. The number of nitrogens with two attached hydrogens (primary N) is 1. The number of likely N-dealkylation sites (tertiary alicyclic amines) is 1. The van der Waals surface area contributed by atoms with Crippen LogP contribution in [0.5, 0.6) is 0 Å². The molecule has 1 aromatic carbocycles. The van der Waals surface area contributed by atoms with Crippen molar-refractivity contribution < 1.29 is 9.59 Å². The number of rotatable bonds is 5. The largest absolute Gasteiger partial charge is 0.368 e. The van der Waals surface area contributed by atoms with Gasteiger partial charge in [0.25, 0.3) is 0 Å². The molecule has 3 rings (SSSR count). The number of amides is 2. The standard InChI is InChI=1S/C17H22N6O2S/c1-11-6-5-7-12(2)15(11)23-17(19-20-21-23)26-10-14(24)22-9-4-3-8-13(22)16(18)25/h5-7,13H,3-4,8-10H2,1-2H3,(H2,18,25)/t13-/m1/s1. The monoisotopic (exact) mass is 374 g/mol. The van der Waals surface area contributed by atoms with Gasteiger partial charge in [0, 0.05) is 6.54 Å². The molecule has 2 amide bonds. The summed E-state index contributed by atoms with van der Waals surface area (Å²) in [5.41, 5.74) is 8.46. The zero-order valence-corrected chi connectivity index (χ0v) is 15.7. The van der Waals surface area contributed by atoms with Gasteiger partial charge in [-0.15, -0.1) is 5.10 Å². The Morgan fingerprint density at radius 3 is 2.69 bits per heavy atom. The fourth-order valence-electron chi connectivity index (χ4n) is 3.28. The van der Waals surface area contributed by atoms with Gasteiger partial charge in [0.2, 0.25) is 17.0 Å². The van der Waals surface area contributed by atoms with Gasteiger partial charge in [-0.25, -0.2) is 0 Å². The molecule has 2 N–H and O–H groups in total. The Bertz CT molecular complexity index is 801. The van der Waals surface area contributed by atoms with Gasteiger partial charge in [-0.05, 0) is 54.7 Å². The molecule has 0 spiro atoms. The Kier molecular flexibility index (Phi) is 5.55. The molecule has 1 fully saturated rings. The van der Waals surface area contributed by atoms with Gasteiger partial charge < -0.3 is 10.6 Å². The first kappa shape index (κ1) is 18.4. The molecule has 1 saturated heterocycles. The van der Waals surface area contributed by atoms with E-state index >= 15 is 0 Å². The zero-order valence-electron chi connectivity index (χ0n) is 14.9. The second kappa shape index (κ2) is 7.86. The van der Waals surface area contributed by atoms with Crippen LogP contribution in [0.15, 0.2) is 23.4 Å². The summed E-state index contributed by atoms with van der Waals surface area (Å²) in [4.78, 5) is 25.8. The van der Waals surface area contributed by atoms with Gasteiger partial charge in [0.1, 0.15) is 6.04 Å². The number of thioether (sulfide) groups is 1. The summed E-state index contributed by atoms with van der Waals surface area (Å²) in [6.45, 7) is 4.55. The van der Waals surface area contributed by atoms with Crippen LogP contribution in [0.1, 0.15) is 30.4 Å². The Morgan fingerprint density at radius 2 is 2.00 bits per heavy atom. The molecular weight excluding hydrogens is 352 g/mol. The van der Waals surface area contributed by atoms with Crippen LogP contribution >= 0.6 is 11.8 Å². The van der Waals surface area contributed by atoms with Crippen molar-refractivity contribution in [3.05, 3.63) is 29.3 Å². The lowest BCUT2D eigenvalue weighted by Crippen LogP contribution is -2.51. The highest BCUT2D eigenvalue weighted by Gasteiger charge is 2.30. The molecule has 138 valence electrons. The highest BCUT2D eigenvalue weighted by atomic mass is 32.2. The molecule has 8 nitrogen and oxygen atoms in total. The average molecular weight is 374 g/mol. The zero-order chi connectivity index (χ0) is 18.7. The number of piperidine rings is 1. The van der Waals surface area contributed by atoms with Gasteiger partial charge in [-0.2, -0.15) is 4.68 Å². The molecule has 0 saturated carbocycles. The van der Waals surface area contributed by atoms with Gasteiger partial charge >= 0.3 is 0 Å². The summed E-state index contributed by atoms with van der Waals surface area (Å²) in [5, 5.41) is 12.4. The van der Waals surface area contributed by atoms with E-state index < -0.39 is 11.9 Å². The minimum atomic E-state index is -0.508. The van der Waals surface area contributed by atoms with Crippen LogP contribution in [0.3, 0.4) is 0 Å². The number of aryl methyl sites for hydroxylation is 2. The predicted molar refractivity (Wildman–Crippen MR) is 97.9 cm³/mol. The molecule has 1 atom stereocenters. The van der Waals surface area contributed by atoms with E-state index in [0.717, 1.165) is 29.7 Å². The second-order valence-electron chi connectivity index (χ2n) is 6.40. The van der Waals surface area contributed by atoms with Crippen LogP contribution in [0, 0.1) is 13.8 Å². The third kappa shape index (κ3) is 3.72. The maximum absolute atomic E-state index is 12.6. The quantitative estimate of drug-likeness (QED) is 0.789. The fourth-order valence-corrected chi connectivity index (χ4v) is 4.05. The van der Waals surface area contributed by atoms with Crippen LogP contribution in [0.25, 0.3) is 5.69 Å². The van der Waals surface area contributed by atoms with Gasteiger partial charge in [0.15, 0.2) is 0 Å². The van der Waals surface area contributed by atoms with E-state index in [-0.39, 0.29) is 11.7 Å². The number of aromatic nitrogens is 4. The Labute approximate surface area is 156 Å². The molecule has 0 unspecified atom stereocenters. The van der Waals surface area contributed by atoms with Crippen LogP contribution in [0.2, 0.25) is 0 Å². The van der Waals surface area contributed by atoms with Crippen LogP contribution < -0.4 is 5.73 Å². The van der Waals surface area contributed by atoms with Gasteiger partial charge in [-0.3, -0.25) is 9.59 Å². The van der Waals surface area contributed by atoms with E-state index in [9.17, 15) is 9.59 Å². The number of nitrogens with zero attached hydrogens (tertiary/aromatic N) is 5. The van der Waals surface area contributed by atoms with E-state index in [2.05, 4.69) is 15.5 Å². The number of tetrazole rings is 1. The molecule has 2 aromatic rings. The van der Waals surface area contributed by atoms with Crippen molar-refractivity contribution in [1.82, 2.24) is 25.1 Å². The third-order valence-corrected chi connectivity index (χ3v) is 5.47. The number of benzene rings is 1. The number of carbonyl (C=O) groups is 2. The maximum atomic E-state index is 12.6. The normalized spacial score (nSPS) is 17.3. The van der Waals surface area contributed by atoms with E-state index in [1.165, 1.54) is 11.8 Å². The van der Waals surface area contributed by atoms with E-state index in [4.69, 9.17) is 5.73 Å². The first-order valence-electron chi connectivity index (χ1n) is 8.55. The van der Waals surface area contributed by atoms with Crippen LogP contribution in [-0.2, 0) is 9.59 Å². The summed E-state index contributed by atoms with van der Waals surface area (Å²) in [7, 11) is 0. The molecule has 2 heterocycles. The number of hydrogen-bond acceptors (Lipinski definition) is 6. The van der Waals surface area contributed by atoms with Gasteiger partial charge in [0.05, 0.1) is 11.4 Å². The number of para-hydroxylation sites is 1. The van der Waals surface area contributed by atoms with Crippen molar-refractivity contribution in [2.45, 2.75) is 44.3 Å². The van der Waals surface area contributed by atoms with Gasteiger partial charge in [-0.1, -0.05) is 30.0 Å². The van der Waals surface area contributed by atoms with Crippen molar-refractivity contribution in [3.63, 3.8) is 0 Å². The first-order chi connectivity index (χ1) is 12.5. The fraction of sp³-hybridized carbons (Fsp3) is 0.471. The minimum absolute atomic E-state index is 0.116. The highest BCUT2D eigenvalue weighted by Crippen LogP contribution is 2.25. The summed E-state index contributed by atoms with van der Waals surface area (Å²) < 4.78 is 1.66. The van der Waals surface area contributed by atoms with E-state index in [1.54, 1.807) is 9.58 Å². The lowest BCUT2D eigenvalue weighted by atomic mass is 10.0. The Hall–Kier alpha value is -2.42. The molecule has 1 aromatic heterocycles. The van der Waals surface area contributed by atoms with E-state index in [0.29, 0.717) is 18.1 Å². The molecule has 26 heavy (non-hydrogen) atoms. The molecule has 1 aliphatic rings. The summed E-state index contributed by atoms with van der Waals surface area (Å²) in [6.07, 6.45) is 2.43. The molecule has 9 heteroatoms. The van der Waals surface area contributed by atoms with Crippen molar-refractivity contribution in [1.29, 1.82) is 0 Å². The molecular formula is C17H22N6O2S. The number of carbonyl (C=O) groups excluding carboxylic acids is 2. The SMILES string of the molecule is Cc1cccc(C)c1-n1nnnc1SCC(=O)N1CCCC[C@@H]1C(N)=O. The molecule has 1 aliphatic heterocycles. The number of hydrogen-bond donors (Lipinski definition) is 1. The van der Waals surface area contributed by atoms with Crippen molar-refractivity contribution >= 4 is 23.6 Å². The van der Waals surface area contributed by atoms with E-state index in [1.807, 2.05) is 32.0 Å².